The van der Waals surface area contributed by atoms with Crippen LogP contribution in [-0.2, 0) is 0 Å². The Morgan fingerprint density at radius 2 is 2.08 bits per heavy atom. The molecule has 0 amide bonds. The summed E-state index contributed by atoms with van der Waals surface area (Å²) in [6.07, 6.45) is 1.97. The zero-order chi connectivity index (χ0) is 10.1. The van der Waals surface area contributed by atoms with E-state index in [1.807, 2.05) is 20.8 Å². The van der Waals surface area contributed by atoms with E-state index in [0.29, 0.717) is 0 Å². The highest BCUT2D eigenvalue weighted by atomic mass is 19.1. The summed E-state index contributed by atoms with van der Waals surface area (Å²) >= 11 is 0. The molecule has 0 radical (unpaired) electrons. The van der Waals surface area contributed by atoms with E-state index in [2.05, 4.69) is 5.32 Å². The van der Waals surface area contributed by atoms with Gasteiger partial charge in [0.1, 0.15) is 5.67 Å². The topological polar surface area (TPSA) is 38.0 Å². The van der Waals surface area contributed by atoms with Crippen molar-refractivity contribution in [2.45, 2.75) is 45.3 Å². The quantitative estimate of drug-likeness (QED) is 0.688. The van der Waals surface area contributed by atoms with Gasteiger partial charge in [0.15, 0.2) is 0 Å². The van der Waals surface area contributed by atoms with Crippen LogP contribution in [0.4, 0.5) is 4.39 Å². The summed E-state index contributed by atoms with van der Waals surface area (Å²) in [4.78, 5) is 0. The van der Waals surface area contributed by atoms with Crippen LogP contribution >= 0.6 is 0 Å². The predicted molar refractivity (Wildman–Crippen MR) is 53.4 cm³/mol. The van der Waals surface area contributed by atoms with Gasteiger partial charge in [-0.3, -0.25) is 0 Å². The Morgan fingerprint density at radius 1 is 1.46 bits per heavy atom. The SMILES string of the molecule is CC(C)(C)C(F)(CN)C1CCCN1. The van der Waals surface area contributed by atoms with Crippen molar-refractivity contribution < 1.29 is 4.39 Å². The standard InChI is InChI=1S/C10H21FN2/c1-9(2,3)10(11,7-12)8-5-4-6-13-8/h8,13H,4-7,12H2,1-3H3. The first-order valence-electron chi connectivity index (χ1n) is 5.04. The molecule has 0 saturated carbocycles. The van der Waals surface area contributed by atoms with E-state index in [9.17, 15) is 4.39 Å². The number of rotatable bonds is 2. The maximum absolute atomic E-state index is 14.5. The molecule has 0 spiro atoms. The molecule has 2 unspecified atom stereocenters. The zero-order valence-electron chi connectivity index (χ0n) is 8.86. The molecule has 2 atom stereocenters. The predicted octanol–water partition coefficient (Wildman–Crippen LogP) is 1.45. The van der Waals surface area contributed by atoms with Crippen LogP contribution in [0.5, 0.6) is 0 Å². The summed E-state index contributed by atoms with van der Waals surface area (Å²) in [6.45, 7) is 6.78. The van der Waals surface area contributed by atoms with E-state index in [4.69, 9.17) is 5.73 Å². The minimum atomic E-state index is -1.27. The second kappa shape index (κ2) is 3.54. The summed E-state index contributed by atoms with van der Waals surface area (Å²) in [5.74, 6) is 0. The maximum Gasteiger partial charge on any atom is 0.143 e. The fraction of sp³-hybridized carbons (Fsp3) is 1.00. The average Bonchev–Trinajstić information content (AvgIpc) is 2.52. The fourth-order valence-corrected chi connectivity index (χ4v) is 2.05. The molecule has 0 bridgehead atoms. The van der Waals surface area contributed by atoms with Crippen LogP contribution in [0.2, 0.25) is 0 Å². The minimum Gasteiger partial charge on any atom is -0.327 e. The highest BCUT2D eigenvalue weighted by Gasteiger charge is 2.48. The van der Waals surface area contributed by atoms with Gasteiger partial charge in [0.05, 0.1) is 0 Å². The molecule has 0 aromatic heterocycles. The van der Waals surface area contributed by atoms with Crippen LogP contribution in [0, 0.1) is 5.41 Å². The summed E-state index contributed by atoms with van der Waals surface area (Å²) < 4.78 is 14.5. The molecule has 3 heteroatoms. The zero-order valence-corrected chi connectivity index (χ0v) is 8.86. The van der Waals surface area contributed by atoms with Crippen LogP contribution < -0.4 is 11.1 Å². The van der Waals surface area contributed by atoms with Crippen LogP contribution in [0.1, 0.15) is 33.6 Å². The van der Waals surface area contributed by atoms with Gasteiger partial charge in [0.25, 0.3) is 0 Å². The highest BCUT2D eigenvalue weighted by Crippen LogP contribution is 2.38. The second-order valence-corrected chi connectivity index (χ2v) is 4.97. The smallest absolute Gasteiger partial charge is 0.143 e. The van der Waals surface area contributed by atoms with Gasteiger partial charge in [-0.25, -0.2) is 4.39 Å². The normalized spacial score (nSPS) is 28.8. The van der Waals surface area contributed by atoms with E-state index in [1.54, 1.807) is 0 Å². The van der Waals surface area contributed by atoms with Crippen molar-refractivity contribution in [1.82, 2.24) is 5.32 Å². The molecule has 3 N–H and O–H groups in total. The molecule has 1 rings (SSSR count). The van der Waals surface area contributed by atoms with Gasteiger partial charge in [0, 0.05) is 12.6 Å². The first-order valence-corrected chi connectivity index (χ1v) is 5.04. The fourth-order valence-electron chi connectivity index (χ4n) is 2.05. The van der Waals surface area contributed by atoms with Gasteiger partial charge in [-0.05, 0) is 24.8 Å². The third-order valence-corrected chi connectivity index (χ3v) is 3.16. The molecule has 1 aliphatic rings. The molecule has 0 aromatic rings. The molecule has 78 valence electrons. The molecule has 2 nitrogen and oxygen atoms in total. The van der Waals surface area contributed by atoms with Crippen molar-refractivity contribution in [1.29, 1.82) is 0 Å². The maximum atomic E-state index is 14.5. The van der Waals surface area contributed by atoms with Crippen LogP contribution in [0.15, 0.2) is 0 Å². The van der Waals surface area contributed by atoms with Gasteiger partial charge < -0.3 is 11.1 Å². The van der Waals surface area contributed by atoms with Gasteiger partial charge in [-0.2, -0.15) is 0 Å². The van der Waals surface area contributed by atoms with Crippen molar-refractivity contribution in [3.8, 4) is 0 Å². The van der Waals surface area contributed by atoms with E-state index < -0.39 is 5.67 Å². The lowest BCUT2D eigenvalue weighted by molar-refractivity contribution is 0.00579. The highest BCUT2D eigenvalue weighted by molar-refractivity contribution is 5.03. The Balaban J connectivity index is 2.79. The monoisotopic (exact) mass is 188 g/mol. The third-order valence-electron chi connectivity index (χ3n) is 3.16. The number of hydrogen-bond acceptors (Lipinski definition) is 2. The van der Waals surface area contributed by atoms with E-state index in [-0.39, 0.29) is 18.0 Å². The number of halogens is 1. The van der Waals surface area contributed by atoms with E-state index >= 15 is 0 Å². The van der Waals surface area contributed by atoms with Crippen molar-refractivity contribution in [2.24, 2.45) is 11.1 Å². The van der Waals surface area contributed by atoms with Gasteiger partial charge >= 0.3 is 0 Å². The molecule has 1 saturated heterocycles. The van der Waals surface area contributed by atoms with Gasteiger partial charge in [-0.15, -0.1) is 0 Å². The van der Waals surface area contributed by atoms with Crippen molar-refractivity contribution in [3.05, 3.63) is 0 Å². The molecule has 1 aliphatic heterocycles. The first kappa shape index (κ1) is 10.9. The number of nitrogens with one attached hydrogen (secondary N) is 1. The van der Waals surface area contributed by atoms with Crippen LogP contribution in [-0.4, -0.2) is 24.8 Å². The van der Waals surface area contributed by atoms with Crippen molar-refractivity contribution in [2.75, 3.05) is 13.1 Å². The summed E-state index contributed by atoms with van der Waals surface area (Å²) in [5, 5.41) is 3.20. The Labute approximate surface area is 80.1 Å². The lowest BCUT2D eigenvalue weighted by atomic mass is 9.73. The van der Waals surface area contributed by atoms with Crippen molar-refractivity contribution in [3.63, 3.8) is 0 Å². The van der Waals surface area contributed by atoms with E-state index in [0.717, 1.165) is 19.4 Å². The average molecular weight is 188 g/mol. The summed E-state index contributed by atoms with van der Waals surface area (Å²) in [5.41, 5.74) is 3.90. The summed E-state index contributed by atoms with van der Waals surface area (Å²) in [6, 6.07) is -0.0579. The molecule has 13 heavy (non-hydrogen) atoms. The Morgan fingerprint density at radius 3 is 2.38 bits per heavy atom. The molecule has 0 aliphatic carbocycles. The van der Waals surface area contributed by atoms with Crippen LogP contribution in [0.25, 0.3) is 0 Å². The molecule has 0 aromatic carbocycles. The van der Waals surface area contributed by atoms with E-state index in [1.165, 1.54) is 0 Å². The lowest BCUT2D eigenvalue weighted by Gasteiger charge is -2.41. The number of alkyl halides is 1. The molecular weight excluding hydrogens is 167 g/mol. The first-order chi connectivity index (χ1) is 5.92. The van der Waals surface area contributed by atoms with Gasteiger partial charge in [-0.1, -0.05) is 20.8 Å². The molecule has 1 fully saturated rings. The van der Waals surface area contributed by atoms with Crippen LogP contribution in [0.3, 0.4) is 0 Å². The molecular formula is C10H21FN2. The van der Waals surface area contributed by atoms with Gasteiger partial charge in [0.2, 0.25) is 0 Å². The molecule has 1 heterocycles. The Kier molecular flexibility index (Phi) is 2.98. The lowest BCUT2D eigenvalue weighted by Crippen LogP contribution is -2.57. The minimum absolute atomic E-state index is 0.0579. The second-order valence-electron chi connectivity index (χ2n) is 4.97. The largest absolute Gasteiger partial charge is 0.327 e. The Bertz CT molecular complexity index is 170. The Hall–Kier alpha value is -0.150. The van der Waals surface area contributed by atoms with Crippen molar-refractivity contribution >= 4 is 0 Å². The third kappa shape index (κ3) is 1.86. The number of hydrogen-bond donors (Lipinski definition) is 2. The summed E-state index contributed by atoms with van der Waals surface area (Å²) in [7, 11) is 0. The number of nitrogens with two attached hydrogens (primary N) is 1.